The SMILES string of the molecule is CC(C)CCOCC(=O)N(C)CCCN. The van der Waals surface area contributed by atoms with E-state index in [9.17, 15) is 4.79 Å². The lowest BCUT2D eigenvalue weighted by molar-refractivity contribution is -0.134. The van der Waals surface area contributed by atoms with Gasteiger partial charge >= 0.3 is 0 Å². The van der Waals surface area contributed by atoms with Crippen molar-refractivity contribution in [3.63, 3.8) is 0 Å². The number of nitrogens with zero attached hydrogens (tertiary/aromatic N) is 1. The van der Waals surface area contributed by atoms with Crippen LogP contribution in [0.4, 0.5) is 0 Å². The zero-order valence-corrected chi connectivity index (χ0v) is 10.2. The van der Waals surface area contributed by atoms with Crippen molar-refractivity contribution in [2.45, 2.75) is 26.7 Å². The van der Waals surface area contributed by atoms with Gasteiger partial charge in [-0.15, -0.1) is 0 Å². The van der Waals surface area contributed by atoms with E-state index in [1.54, 1.807) is 11.9 Å². The van der Waals surface area contributed by atoms with Gasteiger partial charge in [0, 0.05) is 20.2 Å². The number of carbonyl (C=O) groups excluding carboxylic acids is 1. The monoisotopic (exact) mass is 216 g/mol. The van der Waals surface area contributed by atoms with Gasteiger partial charge in [0.1, 0.15) is 6.61 Å². The maximum absolute atomic E-state index is 11.5. The van der Waals surface area contributed by atoms with Crippen molar-refractivity contribution in [3.8, 4) is 0 Å². The molecule has 90 valence electrons. The van der Waals surface area contributed by atoms with Crippen LogP contribution in [0, 0.1) is 5.92 Å². The van der Waals surface area contributed by atoms with Crippen LogP contribution in [-0.4, -0.2) is 44.2 Å². The lowest BCUT2D eigenvalue weighted by Gasteiger charge is -2.16. The molecule has 15 heavy (non-hydrogen) atoms. The summed E-state index contributed by atoms with van der Waals surface area (Å²) in [5.41, 5.74) is 5.36. The third kappa shape index (κ3) is 8.39. The van der Waals surface area contributed by atoms with E-state index in [0.717, 1.165) is 12.8 Å². The summed E-state index contributed by atoms with van der Waals surface area (Å²) >= 11 is 0. The molecule has 0 unspecified atom stereocenters. The van der Waals surface area contributed by atoms with E-state index in [-0.39, 0.29) is 12.5 Å². The standard InChI is InChI=1S/C11H24N2O2/c1-10(2)5-8-15-9-11(14)13(3)7-4-6-12/h10H,4-9,12H2,1-3H3. The van der Waals surface area contributed by atoms with Crippen molar-refractivity contribution in [1.82, 2.24) is 4.90 Å². The van der Waals surface area contributed by atoms with Gasteiger partial charge in [-0.05, 0) is 25.3 Å². The lowest BCUT2D eigenvalue weighted by Crippen LogP contribution is -2.32. The van der Waals surface area contributed by atoms with Gasteiger partial charge in [0.25, 0.3) is 0 Å². The van der Waals surface area contributed by atoms with E-state index in [2.05, 4.69) is 13.8 Å². The van der Waals surface area contributed by atoms with Crippen LogP contribution in [0.3, 0.4) is 0 Å². The Balaban J connectivity index is 3.47. The number of nitrogens with two attached hydrogens (primary N) is 1. The van der Waals surface area contributed by atoms with Crippen LogP contribution in [0.1, 0.15) is 26.7 Å². The molecule has 0 saturated heterocycles. The molecule has 4 heteroatoms. The van der Waals surface area contributed by atoms with Gasteiger partial charge in [-0.2, -0.15) is 0 Å². The second kappa shape index (κ2) is 8.68. The highest BCUT2D eigenvalue weighted by atomic mass is 16.5. The molecule has 0 radical (unpaired) electrons. The maximum Gasteiger partial charge on any atom is 0.248 e. The van der Waals surface area contributed by atoms with Crippen LogP contribution < -0.4 is 5.73 Å². The lowest BCUT2D eigenvalue weighted by atomic mass is 10.1. The van der Waals surface area contributed by atoms with E-state index in [1.165, 1.54) is 0 Å². The highest BCUT2D eigenvalue weighted by molar-refractivity contribution is 5.77. The number of likely N-dealkylation sites (N-methyl/N-ethyl adjacent to an activating group) is 1. The maximum atomic E-state index is 11.5. The summed E-state index contributed by atoms with van der Waals surface area (Å²) in [6.45, 7) is 6.45. The molecule has 0 aliphatic rings. The van der Waals surface area contributed by atoms with Crippen LogP contribution in [0.5, 0.6) is 0 Å². The highest BCUT2D eigenvalue weighted by Gasteiger charge is 2.07. The molecule has 0 spiro atoms. The third-order valence-corrected chi connectivity index (χ3v) is 2.19. The van der Waals surface area contributed by atoms with Crippen molar-refractivity contribution in [3.05, 3.63) is 0 Å². The molecule has 1 amide bonds. The van der Waals surface area contributed by atoms with Crippen LogP contribution >= 0.6 is 0 Å². The number of ether oxygens (including phenoxy) is 1. The molecule has 0 aromatic heterocycles. The van der Waals surface area contributed by atoms with Crippen molar-refractivity contribution in [1.29, 1.82) is 0 Å². The Kier molecular flexibility index (Phi) is 8.33. The van der Waals surface area contributed by atoms with Gasteiger partial charge in [0.15, 0.2) is 0 Å². The second-order valence-corrected chi connectivity index (χ2v) is 4.19. The first kappa shape index (κ1) is 14.4. The number of hydrogen-bond donors (Lipinski definition) is 1. The van der Waals surface area contributed by atoms with Gasteiger partial charge in [0.2, 0.25) is 5.91 Å². The van der Waals surface area contributed by atoms with E-state index in [0.29, 0.717) is 25.6 Å². The minimum atomic E-state index is 0.0345. The summed E-state index contributed by atoms with van der Waals surface area (Å²) in [7, 11) is 1.78. The summed E-state index contributed by atoms with van der Waals surface area (Å²) < 4.78 is 5.28. The molecule has 2 N–H and O–H groups in total. The van der Waals surface area contributed by atoms with Gasteiger partial charge in [0.05, 0.1) is 0 Å². The zero-order valence-electron chi connectivity index (χ0n) is 10.2. The van der Waals surface area contributed by atoms with Crippen molar-refractivity contribution < 1.29 is 9.53 Å². The van der Waals surface area contributed by atoms with Gasteiger partial charge in [-0.25, -0.2) is 0 Å². The molecule has 0 aromatic rings. The molecule has 0 rings (SSSR count). The molecule has 0 saturated carbocycles. The number of amides is 1. The normalized spacial score (nSPS) is 10.7. The first-order valence-electron chi connectivity index (χ1n) is 5.59. The summed E-state index contributed by atoms with van der Waals surface area (Å²) in [6.07, 6.45) is 1.84. The summed E-state index contributed by atoms with van der Waals surface area (Å²) in [4.78, 5) is 13.1. The van der Waals surface area contributed by atoms with E-state index in [1.807, 2.05) is 0 Å². The van der Waals surface area contributed by atoms with Gasteiger partial charge in [-0.3, -0.25) is 4.79 Å². The summed E-state index contributed by atoms with van der Waals surface area (Å²) in [5, 5.41) is 0. The molecule has 4 nitrogen and oxygen atoms in total. The molecule has 0 fully saturated rings. The average molecular weight is 216 g/mol. The Morgan fingerprint density at radius 3 is 2.67 bits per heavy atom. The van der Waals surface area contributed by atoms with Crippen molar-refractivity contribution in [2.75, 3.05) is 33.4 Å². The van der Waals surface area contributed by atoms with Crippen molar-refractivity contribution in [2.24, 2.45) is 11.7 Å². The van der Waals surface area contributed by atoms with Crippen LogP contribution in [-0.2, 0) is 9.53 Å². The van der Waals surface area contributed by atoms with Crippen LogP contribution in [0.15, 0.2) is 0 Å². The van der Waals surface area contributed by atoms with Gasteiger partial charge < -0.3 is 15.4 Å². The zero-order chi connectivity index (χ0) is 11.7. The Morgan fingerprint density at radius 2 is 2.13 bits per heavy atom. The quantitative estimate of drug-likeness (QED) is 0.612. The first-order valence-corrected chi connectivity index (χ1v) is 5.59. The smallest absolute Gasteiger partial charge is 0.248 e. The Bertz CT molecular complexity index is 172. The highest BCUT2D eigenvalue weighted by Crippen LogP contribution is 1.99. The third-order valence-electron chi connectivity index (χ3n) is 2.19. The second-order valence-electron chi connectivity index (χ2n) is 4.19. The Hall–Kier alpha value is -0.610. The van der Waals surface area contributed by atoms with Crippen LogP contribution in [0.25, 0.3) is 0 Å². The molecular weight excluding hydrogens is 192 g/mol. The fourth-order valence-corrected chi connectivity index (χ4v) is 1.04. The fraction of sp³-hybridized carbons (Fsp3) is 0.909. The number of carbonyl (C=O) groups is 1. The molecule has 0 aromatic carbocycles. The van der Waals surface area contributed by atoms with Gasteiger partial charge in [-0.1, -0.05) is 13.8 Å². The largest absolute Gasteiger partial charge is 0.372 e. The van der Waals surface area contributed by atoms with Crippen LogP contribution in [0.2, 0.25) is 0 Å². The fourth-order valence-electron chi connectivity index (χ4n) is 1.04. The minimum absolute atomic E-state index is 0.0345. The molecule has 0 heterocycles. The Labute approximate surface area is 92.8 Å². The number of hydrogen-bond acceptors (Lipinski definition) is 3. The van der Waals surface area contributed by atoms with E-state index in [4.69, 9.17) is 10.5 Å². The first-order chi connectivity index (χ1) is 7.07. The predicted molar refractivity (Wildman–Crippen MR) is 61.6 cm³/mol. The average Bonchev–Trinajstić information content (AvgIpc) is 2.20. The van der Waals surface area contributed by atoms with E-state index >= 15 is 0 Å². The predicted octanol–water partition coefficient (Wildman–Crippen LogP) is 0.856. The molecule has 0 bridgehead atoms. The summed E-state index contributed by atoms with van der Waals surface area (Å²) in [6, 6.07) is 0. The number of rotatable bonds is 8. The molecule has 0 aliphatic heterocycles. The molecular formula is C11H24N2O2. The summed E-state index contributed by atoms with van der Waals surface area (Å²) in [5.74, 6) is 0.655. The van der Waals surface area contributed by atoms with Crippen molar-refractivity contribution >= 4 is 5.91 Å². The molecule has 0 aliphatic carbocycles. The van der Waals surface area contributed by atoms with E-state index < -0.39 is 0 Å². The topological polar surface area (TPSA) is 55.6 Å². The Morgan fingerprint density at radius 1 is 1.47 bits per heavy atom. The minimum Gasteiger partial charge on any atom is -0.372 e. The molecule has 0 atom stereocenters.